The van der Waals surface area contributed by atoms with Gasteiger partial charge >= 0.3 is 0 Å². The van der Waals surface area contributed by atoms with E-state index in [1.165, 1.54) is 0 Å². The Kier molecular flexibility index (Phi) is 10.4. The van der Waals surface area contributed by atoms with E-state index in [2.05, 4.69) is 5.32 Å². The van der Waals surface area contributed by atoms with Crippen LogP contribution in [-0.2, 0) is 23.7 Å². The zero-order chi connectivity index (χ0) is 28.5. The summed E-state index contributed by atoms with van der Waals surface area (Å²) in [6.07, 6.45) is -12.7. The lowest BCUT2D eigenvalue weighted by atomic mass is 9.84. The van der Waals surface area contributed by atoms with Gasteiger partial charge in [0.05, 0.1) is 6.04 Å². The fraction of sp³-hybridized carbons (Fsp3) is 0.955. The monoisotopic (exact) mass is 552 g/mol. The third-order valence-electron chi connectivity index (χ3n) is 7.33. The molecule has 1 amide bonds. The lowest BCUT2D eigenvalue weighted by Crippen LogP contribution is -2.69. The number of hydrogen-bond donors (Lipinski definition) is 11. The van der Waals surface area contributed by atoms with Gasteiger partial charge in [0, 0.05) is 37.5 Å². The molecule has 0 aromatic carbocycles. The maximum Gasteiger partial charge on any atom is 0.222 e. The van der Waals surface area contributed by atoms with E-state index < -0.39 is 85.3 Å². The first-order valence-electron chi connectivity index (χ1n) is 12.8. The van der Waals surface area contributed by atoms with Gasteiger partial charge in [-0.05, 0) is 6.42 Å². The number of nitrogens with two attached hydrogens (primary N) is 5. The average molecular weight is 553 g/mol. The minimum Gasteiger partial charge on any atom is -0.388 e. The van der Waals surface area contributed by atoms with Crippen LogP contribution in [0.4, 0.5) is 0 Å². The van der Waals surface area contributed by atoms with E-state index in [0.717, 1.165) is 0 Å². The van der Waals surface area contributed by atoms with Gasteiger partial charge in [-0.1, -0.05) is 13.8 Å². The van der Waals surface area contributed by atoms with Crippen LogP contribution >= 0.6 is 0 Å². The summed E-state index contributed by atoms with van der Waals surface area (Å²) >= 11 is 0. The Hall–Kier alpha value is -1.09. The highest BCUT2D eigenvalue weighted by atomic mass is 16.7. The van der Waals surface area contributed by atoms with Gasteiger partial charge in [-0.25, -0.2) is 0 Å². The van der Waals surface area contributed by atoms with Gasteiger partial charge in [0.15, 0.2) is 12.6 Å². The number of carbonyl (C=O) groups excluding carboxylic acids is 1. The Balaban J connectivity index is 1.70. The topological polar surface area (TPSA) is 297 Å². The summed E-state index contributed by atoms with van der Waals surface area (Å²) in [5.74, 6) is -0.609. The van der Waals surface area contributed by atoms with Crippen LogP contribution < -0.4 is 34.0 Å². The van der Waals surface area contributed by atoms with Crippen molar-refractivity contribution in [1.29, 1.82) is 0 Å². The summed E-state index contributed by atoms with van der Waals surface area (Å²) in [4.78, 5) is 12.0. The molecule has 0 unspecified atom stereocenters. The van der Waals surface area contributed by atoms with Gasteiger partial charge < -0.3 is 78.5 Å². The maximum absolute atomic E-state index is 12.0. The van der Waals surface area contributed by atoms with Crippen molar-refractivity contribution in [2.45, 2.75) is 112 Å². The smallest absolute Gasteiger partial charge is 0.222 e. The molecule has 2 saturated heterocycles. The number of hydrogen-bond acceptors (Lipinski definition) is 15. The largest absolute Gasteiger partial charge is 0.388 e. The van der Waals surface area contributed by atoms with Gasteiger partial charge in [-0.2, -0.15) is 0 Å². The van der Waals surface area contributed by atoms with Crippen molar-refractivity contribution in [3.8, 4) is 0 Å². The summed E-state index contributed by atoms with van der Waals surface area (Å²) < 4.78 is 23.2. The predicted molar refractivity (Wildman–Crippen MR) is 130 cm³/mol. The van der Waals surface area contributed by atoms with Gasteiger partial charge in [-0.15, -0.1) is 0 Å². The molecule has 2 aliphatic heterocycles. The van der Waals surface area contributed by atoms with Crippen LogP contribution in [0.2, 0.25) is 0 Å². The molecular weight excluding hydrogens is 508 g/mol. The molecule has 16 N–H and O–H groups in total. The average Bonchev–Trinajstić information content (AvgIpc) is 2.84. The second-order valence-corrected chi connectivity index (χ2v) is 10.7. The molecule has 3 aliphatic rings. The van der Waals surface area contributed by atoms with Crippen molar-refractivity contribution in [2.24, 2.45) is 34.6 Å². The van der Waals surface area contributed by atoms with Crippen LogP contribution in [0.3, 0.4) is 0 Å². The van der Waals surface area contributed by atoms with Crippen LogP contribution in [0.15, 0.2) is 0 Å². The highest BCUT2D eigenvalue weighted by Crippen LogP contribution is 2.32. The van der Waals surface area contributed by atoms with E-state index in [9.17, 15) is 30.3 Å². The number of nitrogens with one attached hydrogen (secondary N) is 1. The zero-order valence-corrected chi connectivity index (χ0v) is 21.6. The van der Waals surface area contributed by atoms with Crippen molar-refractivity contribution in [1.82, 2.24) is 5.32 Å². The second-order valence-electron chi connectivity index (χ2n) is 10.7. The molecule has 0 radical (unpaired) electrons. The van der Waals surface area contributed by atoms with Gasteiger partial charge in [0.2, 0.25) is 5.91 Å². The van der Waals surface area contributed by atoms with E-state index in [0.29, 0.717) is 0 Å². The van der Waals surface area contributed by atoms with E-state index in [1.54, 1.807) is 13.8 Å². The maximum atomic E-state index is 12.0. The van der Waals surface area contributed by atoms with Crippen LogP contribution in [0.25, 0.3) is 0 Å². The normalized spacial score (nSPS) is 48.2. The number of rotatable bonds is 8. The van der Waals surface area contributed by atoms with E-state index in [4.69, 9.17) is 47.6 Å². The van der Waals surface area contributed by atoms with Crippen LogP contribution in [0.5, 0.6) is 0 Å². The number of aliphatic hydroxyl groups is 5. The fourth-order valence-corrected chi connectivity index (χ4v) is 4.91. The number of carbonyl (C=O) groups is 1. The van der Waals surface area contributed by atoms with Crippen molar-refractivity contribution in [2.75, 3.05) is 13.1 Å². The Bertz CT molecular complexity index is 794. The molecule has 14 atom stereocenters. The quantitative estimate of drug-likeness (QED) is 0.125. The molecule has 0 spiro atoms. The minimum absolute atomic E-state index is 0.119. The molecule has 16 heteroatoms. The first-order chi connectivity index (χ1) is 17.7. The molecule has 3 fully saturated rings. The highest BCUT2D eigenvalue weighted by Gasteiger charge is 2.51. The van der Waals surface area contributed by atoms with Crippen molar-refractivity contribution < 1.29 is 49.3 Å². The minimum atomic E-state index is -2.12. The highest BCUT2D eigenvalue weighted by molar-refractivity contribution is 5.77. The first kappa shape index (κ1) is 31.4. The van der Waals surface area contributed by atoms with E-state index in [1.807, 2.05) is 0 Å². The second kappa shape index (κ2) is 12.6. The summed E-state index contributed by atoms with van der Waals surface area (Å²) in [5, 5.41) is 55.1. The van der Waals surface area contributed by atoms with Gasteiger partial charge in [-0.3, -0.25) is 4.79 Å². The van der Waals surface area contributed by atoms with E-state index >= 15 is 0 Å². The molecule has 2 heterocycles. The molecule has 16 nitrogen and oxygen atoms in total. The van der Waals surface area contributed by atoms with Crippen molar-refractivity contribution >= 4 is 5.91 Å². The lowest BCUT2D eigenvalue weighted by Gasteiger charge is -2.48. The first-order valence-corrected chi connectivity index (χ1v) is 12.8. The number of aliphatic hydroxyl groups excluding tert-OH is 4. The number of ether oxygens (including phenoxy) is 4. The van der Waals surface area contributed by atoms with Crippen LogP contribution in [-0.4, -0.2) is 130 Å². The summed E-state index contributed by atoms with van der Waals surface area (Å²) in [7, 11) is 0. The van der Waals surface area contributed by atoms with Crippen LogP contribution in [0, 0.1) is 5.92 Å². The summed E-state index contributed by atoms with van der Waals surface area (Å²) in [6.45, 7) is 3.11. The molecule has 1 saturated carbocycles. The molecule has 0 aromatic rings. The Morgan fingerprint density at radius 1 is 1.00 bits per heavy atom. The predicted octanol–water partition coefficient (Wildman–Crippen LogP) is -6.20. The molecule has 1 aliphatic carbocycles. The van der Waals surface area contributed by atoms with E-state index in [-0.39, 0.29) is 37.8 Å². The summed E-state index contributed by atoms with van der Waals surface area (Å²) in [5.41, 5.74) is 27.8. The van der Waals surface area contributed by atoms with Crippen LogP contribution in [0.1, 0.15) is 26.7 Å². The molecule has 0 aromatic heterocycles. The van der Waals surface area contributed by atoms with Gasteiger partial charge in [0.1, 0.15) is 54.6 Å². The number of amides is 1. The Morgan fingerprint density at radius 2 is 1.61 bits per heavy atom. The summed E-state index contributed by atoms with van der Waals surface area (Å²) in [6, 6.07) is -2.74. The molecule has 38 heavy (non-hydrogen) atoms. The van der Waals surface area contributed by atoms with Gasteiger partial charge in [0.25, 0.3) is 0 Å². The van der Waals surface area contributed by atoms with Crippen molar-refractivity contribution in [3.63, 3.8) is 0 Å². The molecular formula is C22H44N6O10. The molecule has 0 bridgehead atoms. The molecule has 222 valence electrons. The third-order valence-corrected chi connectivity index (χ3v) is 7.33. The Morgan fingerprint density at radius 3 is 2.18 bits per heavy atom. The zero-order valence-electron chi connectivity index (χ0n) is 21.6. The SMILES string of the molecule is CC(C)C(=O)NC[C@H]1O[C@H](O[C@@H]2[C@@H](O)[C@H](O[C@H]3O[C@H](CN)[C@@H](O)[C@H](O)[C@H]3N)[C@@H](N)C[C@H]2N)C[C@@](N)(O)[C@@H]1O. The standard InChI is InChI=1S/C22H44N6O10/c1-7(2)20(33)28-6-11-19(32)22(27,34)4-12(35-11)37-17-8(24)3-9(25)18(16(17)31)38-21-13(26)15(30)14(29)10(5-23)36-21/h7-19,21,29-32,34H,3-6,23-27H2,1-2H3,(H,28,33)/t8-,9+,10-,11-,12-,13-,14-,15-,16-,17+,18-,19-,21-,22-/m1/s1. The van der Waals surface area contributed by atoms with Crippen molar-refractivity contribution in [3.05, 3.63) is 0 Å². The third kappa shape index (κ3) is 6.79. The fourth-order valence-electron chi connectivity index (χ4n) is 4.91. The molecule has 3 rings (SSSR count). The lowest BCUT2D eigenvalue weighted by molar-refractivity contribution is -0.316. The Labute approximate surface area is 220 Å².